The number of aliphatic hydroxyl groups is 1. The average molecular weight is 227 g/mol. The Balaban J connectivity index is 2.59. The number of hydrogen-bond donors (Lipinski definition) is 1. The molecule has 0 radical (unpaired) electrons. The van der Waals surface area contributed by atoms with E-state index < -0.39 is 0 Å². The van der Waals surface area contributed by atoms with E-state index in [1.54, 1.807) is 0 Å². The zero-order chi connectivity index (χ0) is 11.3. The molecule has 1 rings (SSSR count). The molecule has 84 valence electrons. The first kappa shape index (κ1) is 12.5. The van der Waals surface area contributed by atoms with Crippen LogP contribution in [0.15, 0.2) is 18.2 Å². The van der Waals surface area contributed by atoms with Crippen LogP contribution >= 0.6 is 11.6 Å². The van der Waals surface area contributed by atoms with Crippen LogP contribution in [0.5, 0.6) is 0 Å². The van der Waals surface area contributed by atoms with Gasteiger partial charge in [-0.3, -0.25) is 0 Å². The topological polar surface area (TPSA) is 20.2 Å². The maximum Gasteiger partial charge on any atom is 0.0581 e. The Labute approximate surface area is 97.1 Å². The highest BCUT2D eigenvalue weighted by Gasteiger charge is 2.07. The van der Waals surface area contributed by atoms with Gasteiger partial charge in [-0.2, -0.15) is 0 Å². The van der Waals surface area contributed by atoms with Crippen molar-refractivity contribution in [1.82, 2.24) is 0 Å². The summed E-state index contributed by atoms with van der Waals surface area (Å²) >= 11 is 5.59. The Morgan fingerprint density at radius 1 is 1.33 bits per heavy atom. The van der Waals surface area contributed by atoms with Gasteiger partial charge in [0.1, 0.15) is 0 Å². The standard InChI is InChI=1S/C13H19ClO/c1-10-5-6-11(2)12(8-10)9-13(15)4-3-7-14/h5-6,8,13,15H,3-4,7,9H2,1-2H3. The van der Waals surface area contributed by atoms with E-state index in [9.17, 15) is 5.11 Å². The third kappa shape index (κ3) is 4.23. The van der Waals surface area contributed by atoms with E-state index >= 15 is 0 Å². The summed E-state index contributed by atoms with van der Waals surface area (Å²) < 4.78 is 0. The van der Waals surface area contributed by atoms with E-state index in [4.69, 9.17) is 11.6 Å². The van der Waals surface area contributed by atoms with Crippen molar-refractivity contribution in [2.24, 2.45) is 0 Å². The van der Waals surface area contributed by atoms with Crippen molar-refractivity contribution < 1.29 is 5.11 Å². The number of aliphatic hydroxyl groups excluding tert-OH is 1. The molecule has 0 saturated heterocycles. The van der Waals surface area contributed by atoms with Gasteiger partial charge in [0.15, 0.2) is 0 Å². The number of rotatable bonds is 5. The molecule has 1 aromatic carbocycles. The van der Waals surface area contributed by atoms with Gasteiger partial charge in [-0.25, -0.2) is 0 Å². The summed E-state index contributed by atoms with van der Waals surface area (Å²) in [6.07, 6.45) is 2.15. The lowest BCUT2D eigenvalue weighted by Crippen LogP contribution is -2.11. The summed E-state index contributed by atoms with van der Waals surface area (Å²) in [5.74, 6) is 0.629. The molecule has 0 aliphatic rings. The van der Waals surface area contributed by atoms with Gasteiger partial charge in [0, 0.05) is 5.88 Å². The van der Waals surface area contributed by atoms with Gasteiger partial charge in [-0.05, 0) is 44.2 Å². The van der Waals surface area contributed by atoms with E-state index in [0.717, 1.165) is 19.3 Å². The Morgan fingerprint density at radius 2 is 2.07 bits per heavy atom. The number of halogens is 1. The van der Waals surface area contributed by atoms with Crippen LogP contribution in [0.4, 0.5) is 0 Å². The van der Waals surface area contributed by atoms with Crippen LogP contribution in [0, 0.1) is 13.8 Å². The zero-order valence-electron chi connectivity index (χ0n) is 9.46. The molecule has 1 nitrogen and oxygen atoms in total. The maximum absolute atomic E-state index is 9.79. The molecule has 0 bridgehead atoms. The minimum Gasteiger partial charge on any atom is -0.393 e. The molecule has 1 aromatic rings. The molecule has 0 aliphatic carbocycles. The van der Waals surface area contributed by atoms with Gasteiger partial charge < -0.3 is 5.11 Å². The number of hydrogen-bond acceptors (Lipinski definition) is 1. The second-order valence-corrected chi connectivity index (χ2v) is 4.50. The summed E-state index contributed by atoms with van der Waals surface area (Å²) in [7, 11) is 0. The second kappa shape index (κ2) is 6.14. The molecule has 2 heteroatoms. The highest BCUT2D eigenvalue weighted by molar-refractivity contribution is 6.17. The number of aryl methyl sites for hydroxylation is 2. The van der Waals surface area contributed by atoms with Crippen molar-refractivity contribution in [1.29, 1.82) is 0 Å². The Bertz CT molecular complexity index is 309. The lowest BCUT2D eigenvalue weighted by atomic mass is 9.98. The third-order valence-corrected chi connectivity index (χ3v) is 2.90. The summed E-state index contributed by atoms with van der Waals surface area (Å²) in [6, 6.07) is 6.36. The second-order valence-electron chi connectivity index (χ2n) is 4.12. The van der Waals surface area contributed by atoms with Crippen LogP contribution in [-0.2, 0) is 6.42 Å². The first-order chi connectivity index (χ1) is 7.13. The molecule has 1 N–H and O–H groups in total. The van der Waals surface area contributed by atoms with Gasteiger partial charge in [-0.15, -0.1) is 11.6 Å². The zero-order valence-corrected chi connectivity index (χ0v) is 10.2. The fraction of sp³-hybridized carbons (Fsp3) is 0.538. The van der Waals surface area contributed by atoms with E-state index in [-0.39, 0.29) is 6.10 Å². The minimum absolute atomic E-state index is 0.260. The van der Waals surface area contributed by atoms with Gasteiger partial charge in [0.25, 0.3) is 0 Å². The molecular formula is C13H19ClO. The molecule has 15 heavy (non-hydrogen) atoms. The fourth-order valence-electron chi connectivity index (χ4n) is 1.69. The first-order valence-corrected chi connectivity index (χ1v) is 5.97. The highest BCUT2D eigenvalue weighted by Crippen LogP contribution is 2.14. The predicted molar refractivity (Wildman–Crippen MR) is 65.6 cm³/mol. The highest BCUT2D eigenvalue weighted by atomic mass is 35.5. The van der Waals surface area contributed by atoms with Gasteiger partial charge in [0.2, 0.25) is 0 Å². The average Bonchev–Trinajstić information content (AvgIpc) is 2.20. The van der Waals surface area contributed by atoms with Crippen molar-refractivity contribution in [3.8, 4) is 0 Å². The molecule has 0 aliphatic heterocycles. The van der Waals surface area contributed by atoms with Crippen LogP contribution < -0.4 is 0 Å². The molecular weight excluding hydrogens is 208 g/mol. The van der Waals surface area contributed by atoms with Crippen molar-refractivity contribution in [2.45, 2.75) is 39.2 Å². The molecule has 1 atom stereocenters. The molecule has 1 unspecified atom stereocenters. The monoisotopic (exact) mass is 226 g/mol. The smallest absolute Gasteiger partial charge is 0.0581 e. The van der Waals surface area contributed by atoms with Crippen LogP contribution in [0.25, 0.3) is 0 Å². The molecule has 0 aromatic heterocycles. The Hall–Kier alpha value is -0.530. The predicted octanol–water partition coefficient (Wildman–Crippen LogP) is 3.23. The Kier molecular flexibility index (Phi) is 5.13. The summed E-state index contributed by atoms with van der Waals surface area (Å²) in [5, 5.41) is 9.79. The van der Waals surface area contributed by atoms with Crippen molar-refractivity contribution in [3.63, 3.8) is 0 Å². The summed E-state index contributed by atoms with van der Waals surface area (Å²) in [4.78, 5) is 0. The van der Waals surface area contributed by atoms with Crippen LogP contribution in [0.3, 0.4) is 0 Å². The van der Waals surface area contributed by atoms with Gasteiger partial charge in [-0.1, -0.05) is 23.8 Å². The van der Waals surface area contributed by atoms with E-state index in [0.29, 0.717) is 5.88 Å². The van der Waals surface area contributed by atoms with Gasteiger partial charge >= 0.3 is 0 Å². The van der Waals surface area contributed by atoms with E-state index in [1.807, 2.05) is 0 Å². The third-order valence-electron chi connectivity index (χ3n) is 2.63. The molecule has 0 saturated carbocycles. The quantitative estimate of drug-likeness (QED) is 0.765. The van der Waals surface area contributed by atoms with Crippen molar-refractivity contribution >= 4 is 11.6 Å². The molecule has 0 fully saturated rings. The maximum atomic E-state index is 9.79. The lowest BCUT2D eigenvalue weighted by Gasteiger charge is -2.12. The molecule has 0 spiro atoms. The van der Waals surface area contributed by atoms with Crippen LogP contribution in [-0.4, -0.2) is 17.1 Å². The van der Waals surface area contributed by atoms with Crippen LogP contribution in [0.1, 0.15) is 29.5 Å². The lowest BCUT2D eigenvalue weighted by molar-refractivity contribution is 0.164. The minimum atomic E-state index is -0.260. The number of benzene rings is 1. The van der Waals surface area contributed by atoms with E-state index in [2.05, 4.69) is 32.0 Å². The summed E-state index contributed by atoms with van der Waals surface area (Å²) in [5.41, 5.74) is 3.75. The molecule has 0 heterocycles. The molecule has 0 amide bonds. The van der Waals surface area contributed by atoms with Crippen LogP contribution in [0.2, 0.25) is 0 Å². The van der Waals surface area contributed by atoms with Crippen molar-refractivity contribution in [2.75, 3.05) is 5.88 Å². The van der Waals surface area contributed by atoms with E-state index in [1.165, 1.54) is 16.7 Å². The number of alkyl halides is 1. The summed E-state index contributed by atoms with van der Waals surface area (Å²) in [6.45, 7) is 4.16. The Morgan fingerprint density at radius 3 is 2.73 bits per heavy atom. The fourth-order valence-corrected chi connectivity index (χ4v) is 1.84. The largest absolute Gasteiger partial charge is 0.393 e. The van der Waals surface area contributed by atoms with Gasteiger partial charge in [0.05, 0.1) is 6.10 Å². The normalized spacial score (nSPS) is 12.8. The van der Waals surface area contributed by atoms with Crippen molar-refractivity contribution in [3.05, 3.63) is 34.9 Å². The SMILES string of the molecule is Cc1ccc(C)c(CC(O)CCCCl)c1. The first-order valence-electron chi connectivity index (χ1n) is 5.43.